The summed E-state index contributed by atoms with van der Waals surface area (Å²) in [7, 11) is 5.76. The number of rotatable bonds is 6. The Bertz CT molecular complexity index is 773. The Morgan fingerprint density at radius 2 is 1.56 bits per heavy atom. The molecule has 7 nitrogen and oxygen atoms in total. The van der Waals surface area contributed by atoms with E-state index >= 15 is 0 Å². The molecule has 0 aliphatic carbocycles. The highest BCUT2D eigenvalue weighted by atomic mass is 32.1. The molecule has 0 atom stereocenters. The number of nitrogens with one attached hydrogen (secondary N) is 1. The van der Waals surface area contributed by atoms with Crippen molar-refractivity contribution < 1.29 is 28.5 Å². The highest BCUT2D eigenvalue weighted by Crippen LogP contribution is 2.38. The molecule has 0 spiro atoms. The number of thiophene rings is 1. The molecular formula is C17H19NO6S. The van der Waals surface area contributed by atoms with E-state index in [1.807, 2.05) is 0 Å². The van der Waals surface area contributed by atoms with Crippen LogP contribution in [0.3, 0.4) is 0 Å². The zero-order chi connectivity index (χ0) is 18.6. The Labute approximate surface area is 149 Å². The second-order valence-electron chi connectivity index (χ2n) is 4.98. The standard InChI is InChI=1S/C17H19NO6S/c1-9-6-13(25-15(9)17(20)24-5)18-16(19)10-7-11(21-2)14(23-4)12(8-10)22-3/h6-8H,1-5H3,(H,18,19). The summed E-state index contributed by atoms with van der Waals surface area (Å²) in [6.07, 6.45) is 0. The normalized spacial score (nSPS) is 10.1. The first-order valence-corrected chi connectivity index (χ1v) is 8.06. The van der Waals surface area contributed by atoms with Crippen molar-refractivity contribution in [2.75, 3.05) is 33.8 Å². The minimum atomic E-state index is -0.434. The minimum absolute atomic E-state index is 0.333. The Hall–Kier alpha value is -2.74. The molecule has 0 fully saturated rings. The van der Waals surface area contributed by atoms with E-state index < -0.39 is 5.97 Å². The van der Waals surface area contributed by atoms with Crippen LogP contribution in [0, 0.1) is 6.92 Å². The van der Waals surface area contributed by atoms with Crippen molar-refractivity contribution in [1.82, 2.24) is 0 Å². The van der Waals surface area contributed by atoms with Crippen molar-refractivity contribution in [3.8, 4) is 17.2 Å². The first-order chi connectivity index (χ1) is 11.9. The minimum Gasteiger partial charge on any atom is -0.493 e. The maximum absolute atomic E-state index is 12.5. The van der Waals surface area contributed by atoms with Crippen LogP contribution in [0.5, 0.6) is 17.2 Å². The number of aryl methyl sites for hydroxylation is 1. The largest absolute Gasteiger partial charge is 0.493 e. The number of amides is 1. The molecule has 1 amide bonds. The third-order valence-corrected chi connectivity index (χ3v) is 4.58. The van der Waals surface area contributed by atoms with Crippen LogP contribution in [-0.4, -0.2) is 40.3 Å². The van der Waals surface area contributed by atoms with Gasteiger partial charge in [-0.3, -0.25) is 4.79 Å². The summed E-state index contributed by atoms with van der Waals surface area (Å²) in [5, 5.41) is 3.30. The number of carbonyl (C=O) groups excluding carboxylic acids is 2. The first kappa shape index (κ1) is 18.6. The van der Waals surface area contributed by atoms with Crippen molar-refractivity contribution in [3.05, 3.63) is 34.2 Å². The van der Waals surface area contributed by atoms with Crippen LogP contribution >= 0.6 is 11.3 Å². The van der Waals surface area contributed by atoms with Crippen LogP contribution in [0.15, 0.2) is 18.2 Å². The number of anilines is 1. The van der Waals surface area contributed by atoms with Gasteiger partial charge in [-0.05, 0) is 30.7 Å². The van der Waals surface area contributed by atoms with Gasteiger partial charge in [0.25, 0.3) is 5.91 Å². The number of carbonyl (C=O) groups is 2. The molecule has 2 rings (SSSR count). The molecule has 0 radical (unpaired) electrons. The molecule has 0 aliphatic heterocycles. The van der Waals surface area contributed by atoms with Crippen LogP contribution in [0.2, 0.25) is 0 Å². The third kappa shape index (κ3) is 3.85. The summed E-state index contributed by atoms with van der Waals surface area (Å²) in [6.45, 7) is 1.78. The number of benzene rings is 1. The molecule has 134 valence electrons. The van der Waals surface area contributed by atoms with E-state index in [0.29, 0.717) is 32.7 Å². The summed E-state index contributed by atoms with van der Waals surface area (Å²) in [6, 6.07) is 4.82. The van der Waals surface area contributed by atoms with E-state index in [4.69, 9.17) is 18.9 Å². The van der Waals surface area contributed by atoms with Gasteiger partial charge in [-0.25, -0.2) is 4.79 Å². The molecule has 25 heavy (non-hydrogen) atoms. The van der Waals surface area contributed by atoms with Gasteiger partial charge < -0.3 is 24.3 Å². The van der Waals surface area contributed by atoms with Gasteiger partial charge in [-0.15, -0.1) is 11.3 Å². The average molecular weight is 365 g/mol. The van der Waals surface area contributed by atoms with Gasteiger partial charge in [0.15, 0.2) is 11.5 Å². The molecule has 2 aromatic rings. The topological polar surface area (TPSA) is 83.1 Å². The van der Waals surface area contributed by atoms with E-state index in [0.717, 1.165) is 16.9 Å². The van der Waals surface area contributed by atoms with Crippen LogP contribution < -0.4 is 19.5 Å². The van der Waals surface area contributed by atoms with Gasteiger partial charge in [0.1, 0.15) is 4.88 Å². The molecular weight excluding hydrogens is 346 g/mol. The van der Waals surface area contributed by atoms with Gasteiger partial charge in [0.2, 0.25) is 5.75 Å². The van der Waals surface area contributed by atoms with E-state index in [-0.39, 0.29) is 5.91 Å². The van der Waals surface area contributed by atoms with Gasteiger partial charge >= 0.3 is 5.97 Å². The number of hydrogen-bond donors (Lipinski definition) is 1. The van der Waals surface area contributed by atoms with Crippen LogP contribution in [0.1, 0.15) is 25.6 Å². The van der Waals surface area contributed by atoms with E-state index in [1.165, 1.54) is 28.4 Å². The molecule has 1 heterocycles. The quantitative estimate of drug-likeness (QED) is 0.792. The van der Waals surface area contributed by atoms with Crippen molar-refractivity contribution in [2.24, 2.45) is 0 Å². The Morgan fingerprint density at radius 1 is 0.960 bits per heavy atom. The number of esters is 1. The SMILES string of the molecule is COC(=O)c1sc(NC(=O)c2cc(OC)c(OC)c(OC)c2)cc1C. The molecule has 1 aromatic heterocycles. The zero-order valence-electron chi connectivity index (χ0n) is 14.6. The molecule has 8 heteroatoms. The molecule has 0 saturated carbocycles. The van der Waals surface area contributed by atoms with E-state index in [9.17, 15) is 9.59 Å². The highest BCUT2D eigenvalue weighted by Gasteiger charge is 2.19. The van der Waals surface area contributed by atoms with E-state index in [1.54, 1.807) is 25.1 Å². The Balaban J connectivity index is 2.31. The fraction of sp³-hybridized carbons (Fsp3) is 0.294. The summed E-state index contributed by atoms with van der Waals surface area (Å²) >= 11 is 1.15. The maximum atomic E-state index is 12.5. The molecule has 0 bridgehead atoms. The van der Waals surface area contributed by atoms with Crippen LogP contribution in [0.25, 0.3) is 0 Å². The molecule has 0 saturated heterocycles. The van der Waals surface area contributed by atoms with Crippen molar-refractivity contribution in [2.45, 2.75) is 6.92 Å². The lowest BCUT2D eigenvalue weighted by Gasteiger charge is -2.13. The van der Waals surface area contributed by atoms with Crippen molar-refractivity contribution >= 4 is 28.2 Å². The van der Waals surface area contributed by atoms with Gasteiger partial charge in [0, 0.05) is 5.56 Å². The molecule has 1 aromatic carbocycles. The van der Waals surface area contributed by atoms with Crippen molar-refractivity contribution in [3.63, 3.8) is 0 Å². The summed E-state index contributed by atoms with van der Waals surface area (Å²) in [4.78, 5) is 24.7. The summed E-state index contributed by atoms with van der Waals surface area (Å²) < 4.78 is 20.4. The average Bonchev–Trinajstić information content (AvgIpc) is 2.99. The maximum Gasteiger partial charge on any atom is 0.348 e. The van der Waals surface area contributed by atoms with Crippen LogP contribution in [0.4, 0.5) is 5.00 Å². The summed E-state index contributed by atoms with van der Waals surface area (Å²) in [5.41, 5.74) is 1.07. The lowest BCUT2D eigenvalue weighted by atomic mass is 10.1. The van der Waals surface area contributed by atoms with Gasteiger partial charge in [-0.2, -0.15) is 0 Å². The lowest BCUT2D eigenvalue weighted by Crippen LogP contribution is -2.11. The molecule has 1 N–H and O–H groups in total. The van der Waals surface area contributed by atoms with Crippen LogP contribution in [-0.2, 0) is 4.74 Å². The first-order valence-electron chi connectivity index (χ1n) is 7.25. The number of hydrogen-bond acceptors (Lipinski definition) is 7. The fourth-order valence-corrected chi connectivity index (χ4v) is 3.22. The predicted molar refractivity (Wildman–Crippen MR) is 94.4 cm³/mol. The molecule has 0 aliphatic rings. The fourth-order valence-electron chi connectivity index (χ4n) is 2.24. The van der Waals surface area contributed by atoms with Gasteiger partial charge in [0.05, 0.1) is 33.4 Å². The van der Waals surface area contributed by atoms with Gasteiger partial charge in [-0.1, -0.05) is 0 Å². The second kappa shape index (κ2) is 7.89. The predicted octanol–water partition coefficient (Wildman–Crippen LogP) is 3.12. The zero-order valence-corrected chi connectivity index (χ0v) is 15.4. The summed E-state index contributed by atoms with van der Waals surface area (Å²) in [5.74, 6) is 0.364. The smallest absolute Gasteiger partial charge is 0.348 e. The third-order valence-electron chi connectivity index (χ3n) is 3.45. The van der Waals surface area contributed by atoms with E-state index in [2.05, 4.69) is 5.32 Å². The molecule has 0 unspecified atom stereocenters. The number of methoxy groups -OCH3 is 4. The lowest BCUT2D eigenvalue weighted by molar-refractivity contribution is 0.0605. The Kier molecular flexibility index (Phi) is 5.87. The monoisotopic (exact) mass is 365 g/mol. The number of ether oxygens (including phenoxy) is 4. The highest BCUT2D eigenvalue weighted by molar-refractivity contribution is 7.18. The second-order valence-corrected chi connectivity index (χ2v) is 6.03. The Morgan fingerprint density at radius 3 is 2.04 bits per heavy atom. The van der Waals surface area contributed by atoms with Crippen molar-refractivity contribution in [1.29, 1.82) is 0 Å².